The number of hydrogen-bond acceptors (Lipinski definition) is 4. The molecule has 0 N–H and O–H groups in total. The van der Waals surface area contributed by atoms with E-state index >= 15 is 0 Å². The number of para-hydroxylation sites is 1. The fourth-order valence-electron chi connectivity index (χ4n) is 2.09. The quantitative estimate of drug-likeness (QED) is 0.481. The highest BCUT2D eigenvalue weighted by molar-refractivity contribution is 6.41. The Morgan fingerprint density at radius 3 is 2.33 bits per heavy atom. The lowest BCUT2D eigenvalue weighted by Gasteiger charge is -2.12. The molecule has 0 saturated heterocycles. The minimum Gasteiger partial charge on any atom is -0.495 e. The smallest absolute Gasteiger partial charge is 0.379 e. The molecule has 0 aliphatic carbocycles. The van der Waals surface area contributed by atoms with Gasteiger partial charge in [-0.15, -0.1) is 0 Å². The first-order valence-corrected chi connectivity index (χ1v) is 6.63. The van der Waals surface area contributed by atoms with Crippen molar-refractivity contribution in [3.63, 3.8) is 0 Å². The zero-order valence-electron chi connectivity index (χ0n) is 12.0. The molecular formula is C17H16O4. The maximum Gasteiger partial charge on any atom is 0.379 e. The fourth-order valence-corrected chi connectivity index (χ4v) is 2.09. The Morgan fingerprint density at radius 2 is 1.71 bits per heavy atom. The molecule has 2 aromatic carbocycles. The van der Waals surface area contributed by atoms with Crippen molar-refractivity contribution in [2.45, 2.75) is 6.92 Å². The Morgan fingerprint density at radius 1 is 1.00 bits per heavy atom. The van der Waals surface area contributed by atoms with Crippen LogP contribution < -0.4 is 4.74 Å². The molecule has 0 bridgehead atoms. The summed E-state index contributed by atoms with van der Waals surface area (Å²) in [7, 11) is 1.48. The van der Waals surface area contributed by atoms with Gasteiger partial charge in [0.25, 0.3) is 5.78 Å². The van der Waals surface area contributed by atoms with Crippen LogP contribution in [0.2, 0.25) is 0 Å². The number of esters is 1. The van der Waals surface area contributed by atoms with Crippen LogP contribution >= 0.6 is 0 Å². The van der Waals surface area contributed by atoms with Gasteiger partial charge in [0.05, 0.1) is 19.3 Å². The molecule has 0 aliphatic rings. The van der Waals surface area contributed by atoms with Crippen molar-refractivity contribution >= 4 is 11.8 Å². The number of Topliss-reactive ketones (excluding diaryl/α,β-unsaturated/α-hetero) is 1. The molecular weight excluding hydrogens is 268 g/mol. The van der Waals surface area contributed by atoms with Crippen molar-refractivity contribution in [3.8, 4) is 16.9 Å². The molecule has 0 unspecified atom stereocenters. The van der Waals surface area contributed by atoms with E-state index in [1.807, 2.05) is 36.4 Å². The van der Waals surface area contributed by atoms with Gasteiger partial charge in [0.2, 0.25) is 0 Å². The summed E-state index contributed by atoms with van der Waals surface area (Å²) in [5.74, 6) is -1.20. The number of rotatable bonds is 5. The first-order chi connectivity index (χ1) is 10.2. The molecule has 0 saturated carbocycles. The molecule has 0 amide bonds. The normalized spacial score (nSPS) is 10.0. The van der Waals surface area contributed by atoms with Crippen LogP contribution in [0, 0.1) is 0 Å². The second kappa shape index (κ2) is 6.70. The van der Waals surface area contributed by atoms with E-state index in [2.05, 4.69) is 0 Å². The van der Waals surface area contributed by atoms with E-state index in [1.165, 1.54) is 7.11 Å². The van der Waals surface area contributed by atoms with E-state index in [1.54, 1.807) is 19.1 Å². The van der Waals surface area contributed by atoms with E-state index < -0.39 is 11.8 Å². The standard InChI is InChI=1S/C17H16O4/c1-3-21-17(19)15(18)14-11-7-10-13(16(14)20-2)12-8-5-4-6-9-12/h4-11H,3H2,1-2H3. The minimum atomic E-state index is -0.874. The summed E-state index contributed by atoms with van der Waals surface area (Å²) in [6.07, 6.45) is 0. The average molecular weight is 284 g/mol. The molecule has 2 rings (SSSR count). The zero-order chi connectivity index (χ0) is 15.2. The predicted molar refractivity (Wildman–Crippen MR) is 79.4 cm³/mol. The molecule has 21 heavy (non-hydrogen) atoms. The Bertz CT molecular complexity index is 647. The molecule has 0 aromatic heterocycles. The van der Waals surface area contributed by atoms with Crippen LogP contribution in [0.25, 0.3) is 11.1 Å². The van der Waals surface area contributed by atoms with Crippen LogP contribution in [0.5, 0.6) is 5.75 Å². The molecule has 4 heteroatoms. The van der Waals surface area contributed by atoms with Crippen LogP contribution in [-0.2, 0) is 9.53 Å². The number of methoxy groups -OCH3 is 1. The van der Waals surface area contributed by atoms with Gasteiger partial charge >= 0.3 is 5.97 Å². The van der Waals surface area contributed by atoms with Crippen LogP contribution in [0.15, 0.2) is 48.5 Å². The number of carbonyl (C=O) groups is 2. The Kier molecular flexibility index (Phi) is 4.72. The molecule has 4 nitrogen and oxygen atoms in total. The van der Waals surface area contributed by atoms with Crippen LogP contribution in [0.1, 0.15) is 17.3 Å². The Hall–Kier alpha value is -2.62. The fraction of sp³-hybridized carbons (Fsp3) is 0.176. The molecule has 0 spiro atoms. The number of benzene rings is 2. The topological polar surface area (TPSA) is 52.6 Å². The molecule has 0 radical (unpaired) electrons. The molecule has 0 fully saturated rings. The number of carbonyl (C=O) groups excluding carboxylic acids is 2. The summed E-state index contributed by atoms with van der Waals surface area (Å²) in [5.41, 5.74) is 1.87. The third kappa shape index (κ3) is 3.11. The summed E-state index contributed by atoms with van der Waals surface area (Å²) in [6.45, 7) is 1.81. The van der Waals surface area contributed by atoms with Gasteiger partial charge < -0.3 is 9.47 Å². The maximum absolute atomic E-state index is 12.1. The average Bonchev–Trinajstić information content (AvgIpc) is 2.54. The van der Waals surface area contributed by atoms with E-state index in [4.69, 9.17) is 9.47 Å². The number of ether oxygens (including phenoxy) is 2. The third-order valence-electron chi connectivity index (χ3n) is 3.01. The lowest BCUT2D eigenvalue weighted by atomic mass is 9.99. The van der Waals surface area contributed by atoms with Crippen molar-refractivity contribution in [2.75, 3.05) is 13.7 Å². The van der Waals surface area contributed by atoms with Gasteiger partial charge in [0.15, 0.2) is 0 Å². The maximum atomic E-state index is 12.1. The monoisotopic (exact) mass is 284 g/mol. The van der Waals surface area contributed by atoms with E-state index in [0.29, 0.717) is 5.75 Å². The highest BCUT2D eigenvalue weighted by atomic mass is 16.5. The molecule has 0 aliphatic heterocycles. The Balaban J connectivity index is 2.49. The van der Waals surface area contributed by atoms with Crippen molar-refractivity contribution in [1.82, 2.24) is 0 Å². The first kappa shape index (κ1) is 14.8. The van der Waals surface area contributed by atoms with Gasteiger partial charge in [-0.2, -0.15) is 0 Å². The van der Waals surface area contributed by atoms with Crippen molar-refractivity contribution in [3.05, 3.63) is 54.1 Å². The molecule has 0 atom stereocenters. The molecule has 2 aromatic rings. The van der Waals surface area contributed by atoms with Gasteiger partial charge in [-0.25, -0.2) is 4.79 Å². The lowest BCUT2D eigenvalue weighted by molar-refractivity contribution is -0.137. The summed E-state index contributed by atoms with van der Waals surface area (Å²) in [5, 5.41) is 0. The summed E-state index contributed by atoms with van der Waals surface area (Å²) in [6, 6.07) is 14.7. The summed E-state index contributed by atoms with van der Waals surface area (Å²) < 4.78 is 10.1. The Labute approximate surface area is 123 Å². The van der Waals surface area contributed by atoms with Crippen molar-refractivity contribution in [1.29, 1.82) is 0 Å². The first-order valence-electron chi connectivity index (χ1n) is 6.63. The lowest BCUT2D eigenvalue weighted by Crippen LogP contribution is -2.18. The SMILES string of the molecule is CCOC(=O)C(=O)c1cccc(-c2ccccc2)c1OC. The van der Waals surface area contributed by atoms with E-state index in [0.717, 1.165) is 11.1 Å². The van der Waals surface area contributed by atoms with Gasteiger partial charge in [0, 0.05) is 5.56 Å². The highest BCUT2D eigenvalue weighted by Crippen LogP contribution is 2.33. The summed E-state index contributed by atoms with van der Waals surface area (Å²) in [4.78, 5) is 23.8. The summed E-state index contributed by atoms with van der Waals surface area (Å²) >= 11 is 0. The van der Waals surface area contributed by atoms with Crippen LogP contribution in [0.3, 0.4) is 0 Å². The number of hydrogen-bond donors (Lipinski definition) is 0. The zero-order valence-corrected chi connectivity index (χ0v) is 12.0. The number of ketones is 1. The molecule has 0 heterocycles. The van der Waals surface area contributed by atoms with E-state index in [9.17, 15) is 9.59 Å². The second-order valence-electron chi connectivity index (χ2n) is 4.30. The van der Waals surface area contributed by atoms with Gasteiger partial charge in [-0.1, -0.05) is 42.5 Å². The highest BCUT2D eigenvalue weighted by Gasteiger charge is 2.23. The van der Waals surface area contributed by atoms with Crippen molar-refractivity contribution < 1.29 is 19.1 Å². The van der Waals surface area contributed by atoms with Gasteiger partial charge in [0.1, 0.15) is 5.75 Å². The largest absolute Gasteiger partial charge is 0.495 e. The van der Waals surface area contributed by atoms with Gasteiger partial charge in [-0.05, 0) is 18.6 Å². The predicted octanol–water partition coefficient (Wildman–Crippen LogP) is 3.11. The van der Waals surface area contributed by atoms with Gasteiger partial charge in [-0.3, -0.25) is 4.79 Å². The second-order valence-corrected chi connectivity index (χ2v) is 4.30. The third-order valence-corrected chi connectivity index (χ3v) is 3.01. The van der Waals surface area contributed by atoms with Crippen LogP contribution in [0.4, 0.5) is 0 Å². The van der Waals surface area contributed by atoms with Crippen molar-refractivity contribution in [2.24, 2.45) is 0 Å². The molecule has 108 valence electrons. The van der Waals surface area contributed by atoms with Crippen LogP contribution in [-0.4, -0.2) is 25.5 Å². The van der Waals surface area contributed by atoms with E-state index in [-0.39, 0.29) is 12.2 Å². The minimum absolute atomic E-state index is 0.158.